The predicted octanol–water partition coefficient (Wildman–Crippen LogP) is 3.02. The van der Waals surface area contributed by atoms with Crippen LogP contribution in [0.5, 0.6) is 0 Å². The Labute approximate surface area is 152 Å². The van der Waals surface area contributed by atoms with Crippen molar-refractivity contribution in [1.82, 2.24) is 9.97 Å². The fourth-order valence-corrected chi connectivity index (χ4v) is 3.29. The Hall–Kier alpha value is -2.59. The van der Waals surface area contributed by atoms with Gasteiger partial charge in [-0.05, 0) is 44.0 Å². The molecule has 0 atom stereocenters. The van der Waals surface area contributed by atoms with Crippen LogP contribution in [0.1, 0.15) is 23.2 Å². The summed E-state index contributed by atoms with van der Waals surface area (Å²) in [6.07, 6.45) is 0.275. The van der Waals surface area contributed by atoms with E-state index in [0.29, 0.717) is 17.5 Å². The lowest BCUT2D eigenvalue weighted by Crippen LogP contribution is -2.33. The number of nitrogens with two attached hydrogens (primary N) is 1. The normalized spacial score (nSPS) is 10.3. The first-order chi connectivity index (χ1) is 11.9. The van der Waals surface area contributed by atoms with Crippen molar-refractivity contribution in [3.63, 3.8) is 0 Å². The third-order valence-electron chi connectivity index (χ3n) is 3.44. The molecule has 1 aromatic carbocycles. The zero-order valence-corrected chi connectivity index (χ0v) is 15.4. The van der Waals surface area contributed by atoms with Gasteiger partial charge < -0.3 is 10.6 Å². The molecule has 0 unspecified atom stereocenters. The summed E-state index contributed by atoms with van der Waals surface area (Å²) in [5.74, 6) is 0.480. The fourth-order valence-electron chi connectivity index (χ4n) is 2.50. The topological polar surface area (TPSA) is 95.9 Å². The largest absolute Gasteiger partial charge is 0.384 e. The van der Waals surface area contributed by atoms with Crippen molar-refractivity contribution >= 4 is 29.2 Å². The number of aromatic nitrogens is 2. The van der Waals surface area contributed by atoms with Gasteiger partial charge in [0.1, 0.15) is 5.82 Å². The SMILES string of the molecule is Cc1cc(C)cc(N(CCC#N)C(=O)CSc2nc(C)cc(N)n2)c1. The number of hydrogen-bond donors (Lipinski definition) is 1. The van der Waals surface area contributed by atoms with Crippen LogP contribution in [0.3, 0.4) is 0 Å². The van der Waals surface area contributed by atoms with E-state index in [4.69, 9.17) is 11.0 Å². The van der Waals surface area contributed by atoms with Crippen molar-refractivity contribution in [3.8, 4) is 6.07 Å². The first-order valence-electron chi connectivity index (χ1n) is 7.88. The number of carbonyl (C=O) groups excluding carboxylic acids is 1. The van der Waals surface area contributed by atoms with Gasteiger partial charge >= 0.3 is 0 Å². The van der Waals surface area contributed by atoms with E-state index < -0.39 is 0 Å². The zero-order valence-electron chi connectivity index (χ0n) is 14.6. The average Bonchev–Trinajstić information content (AvgIpc) is 2.51. The van der Waals surface area contributed by atoms with Gasteiger partial charge in [-0.1, -0.05) is 17.8 Å². The van der Waals surface area contributed by atoms with E-state index >= 15 is 0 Å². The number of rotatable bonds is 6. The highest BCUT2D eigenvalue weighted by Gasteiger charge is 2.17. The van der Waals surface area contributed by atoms with Gasteiger partial charge in [-0.2, -0.15) is 5.26 Å². The Morgan fingerprint density at radius 3 is 2.48 bits per heavy atom. The van der Waals surface area contributed by atoms with E-state index in [2.05, 4.69) is 22.1 Å². The van der Waals surface area contributed by atoms with Gasteiger partial charge in [0, 0.05) is 24.0 Å². The summed E-state index contributed by atoms with van der Waals surface area (Å²) < 4.78 is 0. The lowest BCUT2D eigenvalue weighted by molar-refractivity contribution is -0.116. The number of benzene rings is 1. The summed E-state index contributed by atoms with van der Waals surface area (Å²) in [4.78, 5) is 22.8. The first kappa shape index (κ1) is 18.7. The van der Waals surface area contributed by atoms with Crippen LogP contribution < -0.4 is 10.6 Å². The van der Waals surface area contributed by atoms with Crippen LogP contribution in [-0.4, -0.2) is 28.2 Å². The van der Waals surface area contributed by atoms with Crippen LogP contribution in [-0.2, 0) is 4.79 Å². The minimum Gasteiger partial charge on any atom is -0.384 e. The van der Waals surface area contributed by atoms with Crippen molar-refractivity contribution in [2.24, 2.45) is 0 Å². The lowest BCUT2D eigenvalue weighted by Gasteiger charge is -2.22. The maximum atomic E-state index is 12.7. The van der Waals surface area contributed by atoms with E-state index in [1.807, 2.05) is 32.9 Å². The molecule has 2 N–H and O–H groups in total. The molecule has 1 amide bonds. The van der Waals surface area contributed by atoms with E-state index in [9.17, 15) is 4.79 Å². The third-order valence-corrected chi connectivity index (χ3v) is 4.28. The number of amides is 1. The van der Waals surface area contributed by atoms with Crippen molar-refractivity contribution in [3.05, 3.63) is 41.1 Å². The molecule has 6 nitrogen and oxygen atoms in total. The highest BCUT2D eigenvalue weighted by molar-refractivity contribution is 7.99. The maximum absolute atomic E-state index is 12.7. The van der Waals surface area contributed by atoms with E-state index in [1.165, 1.54) is 11.8 Å². The van der Waals surface area contributed by atoms with Gasteiger partial charge in [-0.3, -0.25) is 4.79 Å². The molecule has 0 saturated heterocycles. The number of nitrogens with zero attached hydrogens (tertiary/aromatic N) is 4. The van der Waals surface area contributed by atoms with Crippen LogP contribution in [0.25, 0.3) is 0 Å². The molecule has 0 saturated carbocycles. The predicted molar refractivity (Wildman–Crippen MR) is 100 cm³/mol. The molecule has 2 aromatic rings. The second-order valence-corrected chi connectivity index (χ2v) is 6.75. The molecule has 1 heterocycles. The Balaban J connectivity index is 2.16. The second kappa shape index (κ2) is 8.49. The molecular formula is C18H21N5OS. The molecular weight excluding hydrogens is 334 g/mol. The summed E-state index contributed by atoms with van der Waals surface area (Å²) in [5, 5.41) is 9.37. The number of nitrogen functional groups attached to an aromatic ring is 1. The molecule has 0 aliphatic carbocycles. The second-order valence-electron chi connectivity index (χ2n) is 5.80. The van der Waals surface area contributed by atoms with E-state index in [-0.39, 0.29) is 18.1 Å². The standard InChI is InChI=1S/C18H21N5OS/c1-12-7-13(2)9-15(8-12)23(6-4-5-19)17(24)11-25-18-21-14(3)10-16(20)22-18/h7-10H,4,6,11H2,1-3H3,(H2,20,21,22). The molecule has 0 bridgehead atoms. The van der Waals surface area contributed by atoms with Gasteiger partial charge in [0.05, 0.1) is 18.2 Å². The number of thioether (sulfide) groups is 1. The Morgan fingerprint density at radius 2 is 1.88 bits per heavy atom. The van der Waals surface area contributed by atoms with Gasteiger partial charge in [-0.25, -0.2) is 9.97 Å². The summed E-state index contributed by atoms with van der Waals surface area (Å²) in [6.45, 7) is 6.16. The van der Waals surface area contributed by atoms with Crippen LogP contribution in [0.4, 0.5) is 11.5 Å². The van der Waals surface area contributed by atoms with Crippen LogP contribution in [0.15, 0.2) is 29.4 Å². The highest BCUT2D eigenvalue weighted by Crippen LogP contribution is 2.22. The van der Waals surface area contributed by atoms with E-state index in [1.54, 1.807) is 11.0 Å². The average molecular weight is 355 g/mol. The fraction of sp³-hybridized carbons (Fsp3) is 0.333. The quantitative estimate of drug-likeness (QED) is 0.632. The number of hydrogen-bond acceptors (Lipinski definition) is 6. The van der Waals surface area contributed by atoms with E-state index in [0.717, 1.165) is 22.5 Å². The van der Waals surface area contributed by atoms with Crippen molar-refractivity contribution in [1.29, 1.82) is 5.26 Å². The molecule has 25 heavy (non-hydrogen) atoms. The van der Waals surface area contributed by atoms with Crippen LogP contribution in [0.2, 0.25) is 0 Å². The monoisotopic (exact) mass is 355 g/mol. The molecule has 0 fully saturated rings. The van der Waals surface area contributed by atoms with Crippen LogP contribution in [0, 0.1) is 32.1 Å². The van der Waals surface area contributed by atoms with Crippen molar-refractivity contribution < 1.29 is 4.79 Å². The smallest absolute Gasteiger partial charge is 0.237 e. The Kier molecular flexibility index (Phi) is 6.37. The third kappa shape index (κ3) is 5.47. The molecule has 2 rings (SSSR count). The number of carbonyl (C=O) groups is 1. The minimum atomic E-state index is -0.0890. The zero-order chi connectivity index (χ0) is 18.4. The molecule has 0 aliphatic heterocycles. The number of anilines is 2. The number of nitriles is 1. The maximum Gasteiger partial charge on any atom is 0.237 e. The molecule has 130 valence electrons. The van der Waals surface area contributed by atoms with Crippen molar-refractivity contribution in [2.45, 2.75) is 32.3 Å². The van der Waals surface area contributed by atoms with Gasteiger partial charge in [0.15, 0.2) is 5.16 Å². The molecule has 0 spiro atoms. The molecule has 0 radical (unpaired) electrons. The van der Waals surface area contributed by atoms with Crippen molar-refractivity contribution in [2.75, 3.05) is 22.9 Å². The summed E-state index contributed by atoms with van der Waals surface area (Å²) in [7, 11) is 0. The summed E-state index contributed by atoms with van der Waals surface area (Å²) in [6, 6.07) is 9.74. The molecule has 0 aliphatic rings. The summed E-state index contributed by atoms with van der Waals surface area (Å²) in [5.41, 5.74) is 9.44. The number of aryl methyl sites for hydroxylation is 3. The van der Waals surface area contributed by atoms with Crippen LogP contribution >= 0.6 is 11.8 Å². The van der Waals surface area contributed by atoms with Gasteiger partial charge in [0.2, 0.25) is 5.91 Å². The van der Waals surface area contributed by atoms with Gasteiger partial charge in [0.25, 0.3) is 0 Å². The Morgan fingerprint density at radius 1 is 1.20 bits per heavy atom. The first-order valence-corrected chi connectivity index (χ1v) is 8.87. The lowest BCUT2D eigenvalue weighted by atomic mass is 10.1. The molecule has 1 aromatic heterocycles. The Bertz CT molecular complexity index is 775. The minimum absolute atomic E-state index is 0.0890. The summed E-state index contributed by atoms with van der Waals surface area (Å²) >= 11 is 1.25. The van der Waals surface area contributed by atoms with Gasteiger partial charge in [-0.15, -0.1) is 0 Å². The molecule has 7 heteroatoms. The highest BCUT2D eigenvalue weighted by atomic mass is 32.2.